The van der Waals surface area contributed by atoms with Crippen LogP contribution in [0.3, 0.4) is 0 Å². The number of nitrogens with one attached hydrogen (secondary N) is 1. The summed E-state index contributed by atoms with van der Waals surface area (Å²) >= 11 is 2.05. The quantitative estimate of drug-likeness (QED) is 0.880. The Balaban J connectivity index is 1.83. The number of hydrogen-bond acceptors (Lipinski definition) is 3. The van der Waals surface area contributed by atoms with E-state index >= 15 is 0 Å². The molecule has 0 aliphatic heterocycles. The second kappa shape index (κ2) is 6.58. The average Bonchev–Trinajstić information content (AvgIpc) is 2.40. The van der Waals surface area contributed by atoms with E-state index in [1.165, 1.54) is 32.1 Å². The molecule has 2 rings (SSSR count). The molecule has 0 aromatic carbocycles. The smallest absolute Gasteiger partial charge is 0.0544 e. The van der Waals surface area contributed by atoms with Crippen LogP contribution < -0.4 is 5.32 Å². The van der Waals surface area contributed by atoms with E-state index in [1.54, 1.807) is 0 Å². The second-order valence-corrected chi connectivity index (χ2v) is 6.60. The first-order valence-electron chi connectivity index (χ1n) is 6.92. The van der Waals surface area contributed by atoms with Crippen LogP contribution in [0.4, 0.5) is 0 Å². The SMILES string of the molecule is CSC1(CNCc2cccc(C)n2)CCCCC1. The third-order valence-electron chi connectivity index (χ3n) is 3.90. The van der Waals surface area contributed by atoms with Gasteiger partial charge >= 0.3 is 0 Å². The fourth-order valence-electron chi connectivity index (χ4n) is 2.77. The number of rotatable bonds is 5. The van der Waals surface area contributed by atoms with Crippen LogP contribution in [0, 0.1) is 6.92 Å². The molecule has 0 atom stereocenters. The molecule has 18 heavy (non-hydrogen) atoms. The lowest BCUT2D eigenvalue weighted by atomic mass is 9.88. The van der Waals surface area contributed by atoms with Gasteiger partial charge in [0, 0.05) is 23.5 Å². The van der Waals surface area contributed by atoms with Gasteiger partial charge in [-0.2, -0.15) is 11.8 Å². The van der Waals surface area contributed by atoms with Crippen molar-refractivity contribution in [2.45, 2.75) is 50.3 Å². The van der Waals surface area contributed by atoms with Crippen molar-refractivity contribution in [2.75, 3.05) is 12.8 Å². The minimum Gasteiger partial charge on any atom is -0.310 e. The molecule has 1 aliphatic carbocycles. The van der Waals surface area contributed by atoms with Crippen LogP contribution in [0.15, 0.2) is 18.2 Å². The minimum atomic E-state index is 0.474. The molecule has 1 aromatic heterocycles. The van der Waals surface area contributed by atoms with E-state index in [9.17, 15) is 0 Å². The largest absolute Gasteiger partial charge is 0.310 e. The van der Waals surface area contributed by atoms with E-state index in [-0.39, 0.29) is 0 Å². The Morgan fingerprint density at radius 2 is 2.06 bits per heavy atom. The lowest BCUT2D eigenvalue weighted by Gasteiger charge is -2.36. The summed E-state index contributed by atoms with van der Waals surface area (Å²) < 4.78 is 0.474. The zero-order valence-corrected chi connectivity index (χ0v) is 12.4. The molecule has 0 radical (unpaired) electrons. The predicted octanol–water partition coefficient (Wildman–Crippen LogP) is 3.55. The standard InChI is InChI=1S/C15H24N2S/c1-13-7-6-8-14(17-13)11-16-12-15(18-2)9-4-3-5-10-15/h6-8,16H,3-5,9-12H2,1-2H3. The van der Waals surface area contributed by atoms with Crippen molar-refractivity contribution in [3.63, 3.8) is 0 Å². The molecule has 1 aromatic rings. The molecule has 0 spiro atoms. The Bertz CT molecular complexity index is 373. The van der Waals surface area contributed by atoms with E-state index in [4.69, 9.17) is 0 Å². The van der Waals surface area contributed by atoms with Crippen LogP contribution in [0.5, 0.6) is 0 Å². The van der Waals surface area contributed by atoms with Crippen molar-refractivity contribution in [1.82, 2.24) is 10.3 Å². The number of nitrogens with zero attached hydrogens (tertiary/aromatic N) is 1. The van der Waals surface area contributed by atoms with Crippen molar-refractivity contribution in [2.24, 2.45) is 0 Å². The van der Waals surface area contributed by atoms with Gasteiger partial charge in [-0.25, -0.2) is 0 Å². The zero-order chi connectivity index (χ0) is 12.8. The van der Waals surface area contributed by atoms with Crippen molar-refractivity contribution >= 4 is 11.8 Å². The minimum absolute atomic E-state index is 0.474. The fourth-order valence-corrected chi connectivity index (χ4v) is 3.71. The highest BCUT2D eigenvalue weighted by molar-refractivity contribution is 8.00. The first kappa shape index (κ1) is 13.9. The Labute approximate surface area is 115 Å². The van der Waals surface area contributed by atoms with Gasteiger partial charge in [0.15, 0.2) is 0 Å². The summed E-state index contributed by atoms with van der Waals surface area (Å²) in [5.74, 6) is 0. The van der Waals surface area contributed by atoms with Gasteiger partial charge in [0.1, 0.15) is 0 Å². The lowest BCUT2D eigenvalue weighted by molar-refractivity contribution is 0.379. The number of thioether (sulfide) groups is 1. The Kier molecular flexibility index (Phi) is 5.07. The third kappa shape index (κ3) is 3.72. The first-order chi connectivity index (χ1) is 8.74. The first-order valence-corrected chi connectivity index (χ1v) is 8.15. The van der Waals surface area contributed by atoms with Gasteiger partial charge < -0.3 is 5.32 Å². The van der Waals surface area contributed by atoms with Gasteiger partial charge in [-0.3, -0.25) is 4.98 Å². The Hall–Kier alpha value is -0.540. The number of aromatic nitrogens is 1. The average molecular weight is 264 g/mol. The monoisotopic (exact) mass is 264 g/mol. The highest BCUT2D eigenvalue weighted by Gasteiger charge is 2.30. The molecule has 2 nitrogen and oxygen atoms in total. The summed E-state index contributed by atoms with van der Waals surface area (Å²) in [6, 6.07) is 6.24. The summed E-state index contributed by atoms with van der Waals surface area (Å²) in [5.41, 5.74) is 2.26. The summed E-state index contributed by atoms with van der Waals surface area (Å²) in [5, 5.41) is 3.61. The summed E-state index contributed by atoms with van der Waals surface area (Å²) in [6.07, 6.45) is 9.20. The van der Waals surface area contributed by atoms with E-state index < -0.39 is 0 Å². The van der Waals surface area contributed by atoms with E-state index in [0.717, 1.165) is 24.5 Å². The summed E-state index contributed by atoms with van der Waals surface area (Å²) in [6.45, 7) is 4.06. The molecule has 1 N–H and O–H groups in total. The van der Waals surface area contributed by atoms with Crippen LogP contribution in [-0.4, -0.2) is 22.5 Å². The van der Waals surface area contributed by atoms with Crippen LogP contribution in [0.25, 0.3) is 0 Å². The highest BCUT2D eigenvalue weighted by Crippen LogP contribution is 2.37. The molecule has 0 unspecified atom stereocenters. The van der Waals surface area contributed by atoms with E-state index in [1.807, 2.05) is 24.8 Å². The maximum absolute atomic E-state index is 4.54. The molecular weight excluding hydrogens is 240 g/mol. The molecule has 1 saturated carbocycles. The molecule has 1 fully saturated rings. The van der Waals surface area contributed by atoms with Gasteiger partial charge in [0.2, 0.25) is 0 Å². The molecule has 3 heteroatoms. The molecule has 0 bridgehead atoms. The van der Waals surface area contributed by atoms with Crippen molar-refractivity contribution < 1.29 is 0 Å². The maximum atomic E-state index is 4.54. The number of pyridine rings is 1. The summed E-state index contributed by atoms with van der Waals surface area (Å²) in [4.78, 5) is 4.54. The van der Waals surface area contributed by atoms with Gasteiger partial charge in [-0.1, -0.05) is 25.3 Å². The van der Waals surface area contributed by atoms with Crippen molar-refractivity contribution in [1.29, 1.82) is 0 Å². The molecule has 0 saturated heterocycles. The lowest BCUT2D eigenvalue weighted by Crippen LogP contribution is -2.39. The number of hydrogen-bond donors (Lipinski definition) is 1. The fraction of sp³-hybridized carbons (Fsp3) is 0.667. The molecular formula is C15H24N2S. The molecule has 0 amide bonds. The number of aryl methyl sites for hydroxylation is 1. The van der Waals surface area contributed by atoms with Gasteiger partial charge in [-0.05, 0) is 38.2 Å². The highest BCUT2D eigenvalue weighted by atomic mass is 32.2. The Morgan fingerprint density at radius 3 is 2.72 bits per heavy atom. The predicted molar refractivity (Wildman–Crippen MR) is 80.0 cm³/mol. The Morgan fingerprint density at radius 1 is 1.28 bits per heavy atom. The van der Waals surface area contributed by atoms with E-state index in [2.05, 4.69) is 28.7 Å². The van der Waals surface area contributed by atoms with Crippen LogP contribution in [0.2, 0.25) is 0 Å². The van der Waals surface area contributed by atoms with Crippen molar-refractivity contribution in [3.8, 4) is 0 Å². The normalized spacial score (nSPS) is 18.8. The van der Waals surface area contributed by atoms with Gasteiger partial charge in [0.25, 0.3) is 0 Å². The molecule has 1 heterocycles. The van der Waals surface area contributed by atoms with Gasteiger partial charge in [0.05, 0.1) is 5.69 Å². The van der Waals surface area contributed by atoms with Crippen molar-refractivity contribution in [3.05, 3.63) is 29.6 Å². The topological polar surface area (TPSA) is 24.9 Å². The summed E-state index contributed by atoms with van der Waals surface area (Å²) in [7, 11) is 0. The molecule has 100 valence electrons. The second-order valence-electron chi connectivity index (χ2n) is 5.32. The van der Waals surface area contributed by atoms with Crippen LogP contribution in [0.1, 0.15) is 43.5 Å². The molecule has 1 aliphatic rings. The third-order valence-corrected chi connectivity index (χ3v) is 5.32. The zero-order valence-electron chi connectivity index (χ0n) is 11.5. The van der Waals surface area contributed by atoms with Crippen LogP contribution in [-0.2, 0) is 6.54 Å². The maximum Gasteiger partial charge on any atom is 0.0544 e. The van der Waals surface area contributed by atoms with E-state index in [0.29, 0.717) is 4.75 Å². The van der Waals surface area contributed by atoms with Gasteiger partial charge in [-0.15, -0.1) is 0 Å². The van der Waals surface area contributed by atoms with Crippen LogP contribution >= 0.6 is 11.8 Å².